The quantitative estimate of drug-likeness (QED) is 0.700. The monoisotopic (exact) mass is 427 g/mol. The zero-order valence-corrected chi connectivity index (χ0v) is 18.2. The van der Waals surface area contributed by atoms with Crippen LogP contribution in [0.2, 0.25) is 0 Å². The lowest BCUT2D eigenvalue weighted by molar-refractivity contribution is 0.122. The number of nitrogens with zero attached hydrogens (tertiary/aromatic N) is 5. The van der Waals surface area contributed by atoms with Gasteiger partial charge >= 0.3 is 0 Å². The molecular weight excluding hydrogens is 398 g/mol. The van der Waals surface area contributed by atoms with Crippen LogP contribution in [-0.2, 0) is 11.3 Å². The van der Waals surface area contributed by atoms with Gasteiger partial charge in [-0.15, -0.1) is 0 Å². The van der Waals surface area contributed by atoms with E-state index in [2.05, 4.69) is 38.4 Å². The zero-order valence-electron chi connectivity index (χ0n) is 17.4. The molecule has 4 rings (SSSR count). The molecule has 0 bridgehead atoms. The first kappa shape index (κ1) is 20.7. The van der Waals surface area contributed by atoms with E-state index < -0.39 is 0 Å². The van der Waals surface area contributed by atoms with Gasteiger partial charge in [0.05, 0.1) is 13.2 Å². The van der Waals surface area contributed by atoms with E-state index in [4.69, 9.17) is 26.9 Å². The Hall–Kier alpha value is -2.52. The second-order valence-electron chi connectivity index (χ2n) is 7.85. The van der Waals surface area contributed by atoms with Gasteiger partial charge in [-0.2, -0.15) is 9.97 Å². The number of morpholine rings is 1. The molecule has 0 unspecified atom stereocenters. The highest BCUT2D eigenvalue weighted by Gasteiger charge is 2.21. The number of pyridine rings is 1. The first-order valence-electron chi connectivity index (χ1n) is 10.6. The number of hydrogen-bond donors (Lipinski definition) is 2. The van der Waals surface area contributed by atoms with Gasteiger partial charge in [0.25, 0.3) is 0 Å². The van der Waals surface area contributed by atoms with Crippen molar-refractivity contribution in [2.75, 3.05) is 54.5 Å². The minimum atomic E-state index is 0.496. The van der Waals surface area contributed by atoms with Crippen molar-refractivity contribution in [2.45, 2.75) is 26.3 Å². The summed E-state index contributed by atoms with van der Waals surface area (Å²) in [6.07, 6.45) is 5.95. The lowest BCUT2D eigenvalue weighted by atomic mass is 9.99. The summed E-state index contributed by atoms with van der Waals surface area (Å²) in [7, 11) is 0. The molecule has 2 N–H and O–H groups in total. The van der Waals surface area contributed by atoms with Crippen molar-refractivity contribution in [3.8, 4) is 0 Å². The van der Waals surface area contributed by atoms with Crippen molar-refractivity contribution in [3.05, 3.63) is 36.2 Å². The number of nitrogens with one attached hydrogen (secondary N) is 2. The van der Waals surface area contributed by atoms with Crippen molar-refractivity contribution >= 4 is 34.9 Å². The highest BCUT2D eigenvalue weighted by atomic mass is 32.1. The fraction of sp³-hybridized carbons (Fsp3) is 0.524. The SMILES string of the molecule is CC1CCN(c2cc(N3CCOCC3)nc(NC(=S)NCc3cccnc3)n2)CC1. The lowest BCUT2D eigenvalue weighted by Gasteiger charge is -2.33. The lowest BCUT2D eigenvalue weighted by Crippen LogP contribution is -2.38. The van der Waals surface area contributed by atoms with E-state index >= 15 is 0 Å². The van der Waals surface area contributed by atoms with Crippen molar-refractivity contribution < 1.29 is 4.74 Å². The maximum Gasteiger partial charge on any atom is 0.232 e. The fourth-order valence-electron chi connectivity index (χ4n) is 3.66. The molecule has 0 spiro atoms. The van der Waals surface area contributed by atoms with Crippen molar-refractivity contribution in [1.82, 2.24) is 20.3 Å². The van der Waals surface area contributed by atoms with E-state index in [9.17, 15) is 0 Å². The van der Waals surface area contributed by atoms with Crippen molar-refractivity contribution in [1.29, 1.82) is 0 Å². The van der Waals surface area contributed by atoms with E-state index in [1.807, 2.05) is 18.3 Å². The van der Waals surface area contributed by atoms with Gasteiger partial charge in [-0.1, -0.05) is 13.0 Å². The fourth-order valence-corrected chi connectivity index (χ4v) is 3.83. The third-order valence-electron chi connectivity index (χ3n) is 5.54. The second-order valence-corrected chi connectivity index (χ2v) is 8.25. The topological polar surface area (TPSA) is 78.4 Å². The largest absolute Gasteiger partial charge is 0.378 e. The Balaban J connectivity index is 1.48. The summed E-state index contributed by atoms with van der Waals surface area (Å²) >= 11 is 5.48. The molecule has 2 aliphatic heterocycles. The molecule has 8 nitrogen and oxygen atoms in total. The highest BCUT2D eigenvalue weighted by molar-refractivity contribution is 7.80. The molecule has 2 aromatic heterocycles. The zero-order chi connectivity index (χ0) is 20.8. The van der Waals surface area contributed by atoms with Crippen LogP contribution in [0.3, 0.4) is 0 Å². The molecule has 0 atom stereocenters. The predicted molar refractivity (Wildman–Crippen MR) is 123 cm³/mol. The molecule has 0 saturated carbocycles. The Kier molecular flexibility index (Phi) is 6.91. The van der Waals surface area contributed by atoms with Gasteiger partial charge in [0.15, 0.2) is 5.11 Å². The summed E-state index contributed by atoms with van der Waals surface area (Å²) < 4.78 is 5.50. The molecule has 2 aromatic rings. The first-order valence-corrected chi connectivity index (χ1v) is 11.0. The van der Waals surface area contributed by atoms with Gasteiger partial charge in [-0.25, -0.2) is 0 Å². The number of thiocarbonyl (C=S) groups is 1. The minimum Gasteiger partial charge on any atom is -0.378 e. The van der Waals surface area contributed by atoms with Gasteiger partial charge < -0.3 is 25.2 Å². The normalized spacial score (nSPS) is 17.6. The standard InChI is InChI=1S/C21H29N7OS/c1-16-4-7-27(8-5-16)18-13-19(28-9-11-29-12-10-28)25-20(24-18)26-21(30)23-15-17-3-2-6-22-14-17/h2-3,6,13-14,16H,4-5,7-12,15H2,1H3,(H2,23,24,25,26,30). The van der Waals surface area contributed by atoms with Crippen LogP contribution in [0.15, 0.2) is 30.6 Å². The highest BCUT2D eigenvalue weighted by Crippen LogP contribution is 2.26. The van der Waals surface area contributed by atoms with E-state index in [0.29, 0.717) is 30.8 Å². The van der Waals surface area contributed by atoms with E-state index in [1.54, 1.807) is 6.20 Å². The first-order chi connectivity index (χ1) is 14.7. The van der Waals surface area contributed by atoms with Crippen LogP contribution in [0, 0.1) is 5.92 Å². The molecule has 0 radical (unpaired) electrons. The molecule has 4 heterocycles. The van der Waals surface area contributed by atoms with Crippen LogP contribution in [0.1, 0.15) is 25.3 Å². The maximum absolute atomic E-state index is 5.50. The molecule has 160 valence electrons. The number of ether oxygens (including phenoxy) is 1. The van der Waals surface area contributed by atoms with Gasteiger partial charge in [0, 0.05) is 51.2 Å². The van der Waals surface area contributed by atoms with E-state index in [1.165, 1.54) is 12.8 Å². The van der Waals surface area contributed by atoms with Crippen LogP contribution in [0.25, 0.3) is 0 Å². The maximum atomic E-state index is 5.50. The van der Waals surface area contributed by atoms with E-state index in [-0.39, 0.29) is 0 Å². The van der Waals surface area contributed by atoms with Gasteiger partial charge in [0.1, 0.15) is 11.6 Å². The smallest absolute Gasteiger partial charge is 0.232 e. The van der Waals surface area contributed by atoms with Crippen LogP contribution in [0.5, 0.6) is 0 Å². The number of hydrogen-bond acceptors (Lipinski definition) is 7. The third-order valence-corrected chi connectivity index (χ3v) is 5.79. The number of anilines is 3. The Morgan fingerprint density at radius 3 is 2.50 bits per heavy atom. The number of rotatable bonds is 5. The van der Waals surface area contributed by atoms with Crippen LogP contribution in [-0.4, -0.2) is 59.5 Å². The van der Waals surface area contributed by atoms with Gasteiger partial charge in [0.2, 0.25) is 5.95 Å². The Morgan fingerprint density at radius 2 is 1.83 bits per heavy atom. The van der Waals surface area contributed by atoms with Crippen LogP contribution < -0.4 is 20.4 Å². The molecule has 2 aliphatic rings. The van der Waals surface area contributed by atoms with E-state index in [0.717, 1.165) is 49.3 Å². The van der Waals surface area contributed by atoms with Crippen molar-refractivity contribution in [2.24, 2.45) is 5.92 Å². The molecule has 0 aromatic carbocycles. The Bertz CT molecular complexity index is 837. The second kappa shape index (κ2) is 9.99. The molecule has 0 amide bonds. The molecule has 9 heteroatoms. The van der Waals surface area contributed by atoms with Gasteiger partial charge in [-0.3, -0.25) is 4.98 Å². The minimum absolute atomic E-state index is 0.496. The summed E-state index contributed by atoms with van der Waals surface area (Å²) in [5, 5.41) is 6.87. The summed E-state index contributed by atoms with van der Waals surface area (Å²) in [5.74, 6) is 3.16. The summed E-state index contributed by atoms with van der Waals surface area (Å²) in [4.78, 5) is 18.2. The number of aromatic nitrogens is 3. The Morgan fingerprint density at radius 1 is 1.13 bits per heavy atom. The Labute approximate surface area is 183 Å². The average molecular weight is 428 g/mol. The van der Waals surface area contributed by atoms with Crippen LogP contribution in [0.4, 0.5) is 17.6 Å². The molecular formula is C21H29N7OS. The number of piperidine rings is 1. The summed E-state index contributed by atoms with van der Waals surface area (Å²) in [5.41, 5.74) is 1.06. The molecule has 2 fully saturated rings. The third kappa shape index (κ3) is 5.54. The predicted octanol–water partition coefficient (Wildman–Crippen LogP) is 2.43. The van der Waals surface area contributed by atoms with Crippen LogP contribution >= 0.6 is 12.2 Å². The molecule has 30 heavy (non-hydrogen) atoms. The molecule has 0 aliphatic carbocycles. The average Bonchev–Trinajstić information content (AvgIpc) is 2.79. The summed E-state index contributed by atoms with van der Waals surface area (Å²) in [6, 6.07) is 6.01. The van der Waals surface area contributed by atoms with Gasteiger partial charge in [-0.05, 0) is 42.6 Å². The van der Waals surface area contributed by atoms with Crippen molar-refractivity contribution in [3.63, 3.8) is 0 Å². The molecule has 2 saturated heterocycles. The summed E-state index contributed by atoms with van der Waals surface area (Å²) in [6.45, 7) is 8.04.